The van der Waals surface area contributed by atoms with Gasteiger partial charge in [0.15, 0.2) is 0 Å². The van der Waals surface area contributed by atoms with Crippen molar-refractivity contribution in [1.82, 2.24) is 0 Å². The van der Waals surface area contributed by atoms with Gasteiger partial charge < -0.3 is 0 Å². The third-order valence-electron chi connectivity index (χ3n) is 2.62. The highest BCUT2D eigenvalue weighted by molar-refractivity contribution is 7.21. The van der Waals surface area contributed by atoms with E-state index in [0.717, 1.165) is 10.7 Å². The molecule has 0 spiro atoms. The van der Waals surface area contributed by atoms with Crippen LogP contribution in [-0.4, -0.2) is 0 Å². The average molecular weight is 227 g/mol. The molecule has 3 rings (SSSR count). The van der Waals surface area contributed by atoms with Crippen molar-refractivity contribution in [3.05, 3.63) is 54.1 Å². The van der Waals surface area contributed by atoms with Crippen molar-refractivity contribution in [2.75, 3.05) is 0 Å². The van der Waals surface area contributed by atoms with Crippen LogP contribution in [0.25, 0.3) is 20.9 Å². The van der Waals surface area contributed by atoms with E-state index < -0.39 is 0 Å². The first-order valence-corrected chi connectivity index (χ1v) is 6.04. The highest BCUT2D eigenvalue weighted by Crippen LogP contribution is 2.34. The summed E-state index contributed by atoms with van der Waals surface area (Å²) in [5.41, 5.74) is 3.40. The van der Waals surface area contributed by atoms with Gasteiger partial charge in [-0.25, -0.2) is 0 Å². The number of para-hydroxylation sites is 1. The van der Waals surface area contributed by atoms with E-state index in [2.05, 4.69) is 25.1 Å². The number of hydrogen-bond donors (Lipinski definition) is 0. The molecule has 0 aliphatic heterocycles. The second-order valence-electron chi connectivity index (χ2n) is 3.75. The van der Waals surface area contributed by atoms with Crippen LogP contribution in [0.4, 0.5) is 0 Å². The molecule has 3 aromatic rings. The fraction of sp³-hybridized carbons (Fsp3) is 0.0714. The van der Waals surface area contributed by atoms with Crippen molar-refractivity contribution in [3.8, 4) is 10.6 Å². The van der Waals surface area contributed by atoms with Crippen LogP contribution in [0.5, 0.6) is 0 Å². The first kappa shape index (κ1) is 9.55. The predicted molar refractivity (Wildman–Crippen MR) is 68.7 cm³/mol. The lowest BCUT2D eigenvalue weighted by atomic mass is 10.1. The minimum absolute atomic E-state index is 0.964. The molecule has 78 valence electrons. The third-order valence-corrected chi connectivity index (χ3v) is 3.67. The summed E-state index contributed by atoms with van der Waals surface area (Å²) in [7, 11) is 0. The van der Waals surface area contributed by atoms with Crippen LogP contribution in [0, 0.1) is 6.92 Å². The Bertz CT molecular complexity index is 607. The molecule has 2 aromatic carbocycles. The van der Waals surface area contributed by atoms with Crippen LogP contribution in [0.3, 0.4) is 0 Å². The number of hydrogen-bond acceptors (Lipinski definition) is 1. The van der Waals surface area contributed by atoms with Gasteiger partial charge in [-0.05, 0) is 36.0 Å². The topological polar surface area (TPSA) is 11.3 Å². The van der Waals surface area contributed by atoms with E-state index in [9.17, 15) is 0 Å². The summed E-state index contributed by atoms with van der Waals surface area (Å²) in [5.74, 6) is 0. The molecule has 1 aromatic heterocycles. The van der Waals surface area contributed by atoms with Gasteiger partial charge in [-0.15, -0.1) is 0 Å². The minimum atomic E-state index is 0.964. The molecule has 0 atom stereocenters. The summed E-state index contributed by atoms with van der Waals surface area (Å²) < 4.78 is 7.05. The van der Waals surface area contributed by atoms with E-state index in [4.69, 9.17) is 4.42 Å². The first-order valence-electron chi connectivity index (χ1n) is 5.22. The van der Waals surface area contributed by atoms with E-state index in [1.165, 1.54) is 15.8 Å². The molecule has 0 fully saturated rings. The van der Waals surface area contributed by atoms with Gasteiger partial charge >= 0.3 is 10.7 Å². The Morgan fingerprint density at radius 2 is 1.69 bits per heavy atom. The lowest BCUT2D eigenvalue weighted by Crippen LogP contribution is -1.77. The van der Waals surface area contributed by atoms with E-state index in [-0.39, 0.29) is 0 Å². The van der Waals surface area contributed by atoms with Crippen LogP contribution >= 0.6 is 11.3 Å². The molecule has 0 N–H and O–H groups in total. The molecule has 0 saturated carbocycles. The lowest BCUT2D eigenvalue weighted by Gasteiger charge is -1.92. The molecule has 1 heterocycles. The molecule has 0 saturated heterocycles. The fourth-order valence-corrected chi connectivity index (χ4v) is 2.78. The summed E-state index contributed by atoms with van der Waals surface area (Å²) in [6, 6.07) is 16.4. The number of fused-ring (bicyclic) bond motifs is 1. The van der Waals surface area contributed by atoms with Gasteiger partial charge in [-0.1, -0.05) is 30.3 Å². The van der Waals surface area contributed by atoms with Gasteiger partial charge in [0.2, 0.25) is 0 Å². The highest BCUT2D eigenvalue weighted by atomic mass is 32.1. The summed E-state index contributed by atoms with van der Waals surface area (Å²) in [6.45, 7) is 2.11. The quantitative estimate of drug-likeness (QED) is 0.546. The highest BCUT2D eigenvalue weighted by Gasteiger charge is 2.20. The second-order valence-corrected chi connectivity index (χ2v) is 4.77. The number of aryl methyl sites for hydroxylation is 1. The van der Waals surface area contributed by atoms with Gasteiger partial charge in [-0.2, -0.15) is 4.42 Å². The molecule has 0 radical (unpaired) electrons. The lowest BCUT2D eigenvalue weighted by molar-refractivity contribution is 0.638. The molecular formula is C14H11OS+. The van der Waals surface area contributed by atoms with Crippen molar-refractivity contribution in [3.63, 3.8) is 0 Å². The van der Waals surface area contributed by atoms with Gasteiger partial charge in [0.25, 0.3) is 0 Å². The largest absolute Gasteiger partial charge is 0.418 e. The minimum Gasteiger partial charge on any atom is -0.194 e. The van der Waals surface area contributed by atoms with Crippen LogP contribution in [0.2, 0.25) is 0 Å². The van der Waals surface area contributed by atoms with Crippen molar-refractivity contribution >= 4 is 21.6 Å². The SMILES string of the molecule is Cc1ccccc1-c1[o+]c2ccccc2s1. The number of rotatable bonds is 1. The summed E-state index contributed by atoms with van der Waals surface area (Å²) in [6.07, 6.45) is 0. The smallest absolute Gasteiger partial charge is 0.194 e. The molecule has 0 aliphatic carbocycles. The Hall–Kier alpha value is -1.67. The molecule has 0 bridgehead atoms. The zero-order chi connectivity index (χ0) is 11.0. The second kappa shape index (κ2) is 3.72. The van der Waals surface area contributed by atoms with E-state index in [1.54, 1.807) is 11.3 Å². The molecule has 0 amide bonds. The molecule has 0 unspecified atom stereocenters. The molecule has 0 aliphatic rings. The molecular weight excluding hydrogens is 216 g/mol. The van der Waals surface area contributed by atoms with Crippen molar-refractivity contribution in [2.45, 2.75) is 6.92 Å². The monoisotopic (exact) mass is 227 g/mol. The fourth-order valence-electron chi connectivity index (χ4n) is 1.75. The zero-order valence-electron chi connectivity index (χ0n) is 8.94. The molecule has 16 heavy (non-hydrogen) atoms. The molecule has 1 nitrogen and oxygen atoms in total. The maximum atomic E-state index is 5.85. The first-order chi connectivity index (χ1) is 7.84. The zero-order valence-corrected chi connectivity index (χ0v) is 9.75. The maximum absolute atomic E-state index is 5.85. The normalized spacial score (nSPS) is 10.8. The predicted octanol–water partition coefficient (Wildman–Crippen LogP) is 4.75. The maximum Gasteiger partial charge on any atom is 0.418 e. The number of benzene rings is 2. The van der Waals surface area contributed by atoms with Crippen molar-refractivity contribution < 1.29 is 4.42 Å². The van der Waals surface area contributed by atoms with E-state index >= 15 is 0 Å². The van der Waals surface area contributed by atoms with E-state index in [1.807, 2.05) is 30.3 Å². The van der Waals surface area contributed by atoms with Crippen molar-refractivity contribution in [1.29, 1.82) is 0 Å². The Morgan fingerprint density at radius 1 is 0.938 bits per heavy atom. The van der Waals surface area contributed by atoms with Gasteiger partial charge in [0.1, 0.15) is 4.70 Å². The standard InChI is InChI=1S/C14H11OS/c1-10-6-2-3-7-11(10)14-15-12-8-4-5-9-13(12)16-14/h2-9H,1H3/q+1. The third kappa shape index (κ3) is 1.51. The van der Waals surface area contributed by atoms with Crippen molar-refractivity contribution in [2.24, 2.45) is 0 Å². The summed E-state index contributed by atoms with van der Waals surface area (Å²) in [4.78, 5) is 0. The van der Waals surface area contributed by atoms with E-state index in [0.29, 0.717) is 0 Å². The molecule has 2 heteroatoms. The average Bonchev–Trinajstić information content (AvgIpc) is 2.73. The Morgan fingerprint density at radius 3 is 2.50 bits per heavy atom. The Kier molecular flexibility index (Phi) is 2.22. The summed E-state index contributed by atoms with van der Waals surface area (Å²) >= 11 is 1.70. The van der Waals surface area contributed by atoms with Gasteiger partial charge in [0, 0.05) is 6.07 Å². The van der Waals surface area contributed by atoms with Crippen LogP contribution in [-0.2, 0) is 0 Å². The van der Waals surface area contributed by atoms with Crippen LogP contribution in [0.15, 0.2) is 52.9 Å². The summed E-state index contributed by atoms with van der Waals surface area (Å²) in [5, 5.41) is 0.985. The Balaban J connectivity index is 2.23. The van der Waals surface area contributed by atoms with Gasteiger partial charge in [-0.3, -0.25) is 0 Å². The Labute approximate surface area is 98.0 Å². The van der Waals surface area contributed by atoms with Crippen LogP contribution < -0.4 is 0 Å². The van der Waals surface area contributed by atoms with Crippen LogP contribution in [0.1, 0.15) is 5.56 Å². The van der Waals surface area contributed by atoms with Gasteiger partial charge in [0.05, 0.1) is 5.56 Å².